The number of hydrogen-bond donors (Lipinski definition) is 1. The molecule has 0 fully saturated rings. The van der Waals surface area contributed by atoms with Gasteiger partial charge in [0, 0.05) is 16.2 Å². The Labute approximate surface area is 86.8 Å². The molecule has 0 aliphatic heterocycles. The number of aromatic hydroxyl groups is 1. The van der Waals surface area contributed by atoms with E-state index in [0.29, 0.717) is 5.75 Å². The number of thiophene rings is 1. The summed E-state index contributed by atoms with van der Waals surface area (Å²) in [6.07, 6.45) is 0.973. The third kappa shape index (κ3) is 1.34. The molecule has 0 saturated heterocycles. The van der Waals surface area contributed by atoms with Gasteiger partial charge in [-0.15, -0.1) is 0 Å². The topological polar surface area (TPSA) is 29.5 Å². The quantitative estimate of drug-likeness (QED) is 0.821. The molecule has 1 heterocycles. The van der Waals surface area contributed by atoms with E-state index in [-0.39, 0.29) is 0 Å². The molecule has 14 heavy (non-hydrogen) atoms. The maximum Gasteiger partial charge on any atom is 0.174 e. The summed E-state index contributed by atoms with van der Waals surface area (Å²) in [6.45, 7) is 2.11. The zero-order valence-electron chi connectivity index (χ0n) is 8.20. The highest BCUT2D eigenvalue weighted by molar-refractivity contribution is 7.21. The standard InChI is InChI=1S/C11H12O2S/c1-3-7-4-5-9(12)8-6-10(13-2)14-11(7)8/h4-6,12H,3H2,1-2H3. The summed E-state index contributed by atoms with van der Waals surface area (Å²) in [5, 5.41) is 11.4. The number of aryl methyl sites for hydroxylation is 1. The number of phenolic OH excluding ortho intramolecular Hbond substituents is 1. The summed E-state index contributed by atoms with van der Waals surface area (Å²) >= 11 is 1.58. The van der Waals surface area contributed by atoms with Crippen LogP contribution in [-0.4, -0.2) is 12.2 Å². The van der Waals surface area contributed by atoms with Crippen molar-refractivity contribution in [1.29, 1.82) is 0 Å². The zero-order chi connectivity index (χ0) is 10.1. The molecule has 3 heteroatoms. The lowest BCUT2D eigenvalue weighted by molar-refractivity contribution is 0.427. The third-order valence-electron chi connectivity index (χ3n) is 2.30. The summed E-state index contributed by atoms with van der Waals surface area (Å²) in [6, 6.07) is 5.59. The summed E-state index contributed by atoms with van der Waals surface area (Å²) in [7, 11) is 1.65. The molecule has 0 bridgehead atoms. The zero-order valence-corrected chi connectivity index (χ0v) is 9.02. The second-order valence-electron chi connectivity index (χ2n) is 3.11. The van der Waals surface area contributed by atoms with E-state index >= 15 is 0 Å². The minimum absolute atomic E-state index is 0.330. The van der Waals surface area contributed by atoms with Gasteiger partial charge in [0.2, 0.25) is 0 Å². The second kappa shape index (κ2) is 3.50. The summed E-state index contributed by atoms with van der Waals surface area (Å²) in [5.41, 5.74) is 1.26. The number of ether oxygens (including phenoxy) is 1. The molecular formula is C11H12O2S. The van der Waals surface area contributed by atoms with Crippen LogP contribution in [0.5, 0.6) is 10.8 Å². The minimum atomic E-state index is 0.330. The molecule has 0 unspecified atom stereocenters. The lowest BCUT2D eigenvalue weighted by atomic mass is 10.1. The van der Waals surface area contributed by atoms with Gasteiger partial charge in [0.1, 0.15) is 5.75 Å². The first-order chi connectivity index (χ1) is 6.76. The molecule has 1 aromatic carbocycles. The maximum absolute atomic E-state index is 9.65. The van der Waals surface area contributed by atoms with Crippen LogP contribution < -0.4 is 4.74 Å². The van der Waals surface area contributed by atoms with Crippen LogP contribution in [-0.2, 0) is 6.42 Å². The van der Waals surface area contributed by atoms with Gasteiger partial charge in [-0.2, -0.15) is 0 Å². The summed E-state index contributed by atoms with van der Waals surface area (Å²) < 4.78 is 6.29. The molecule has 0 aliphatic carbocycles. The monoisotopic (exact) mass is 208 g/mol. The Hall–Kier alpha value is -1.22. The number of benzene rings is 1. The average molecular weight is 208 g/mol. The molecule has 0 atom stereocenters. The lowest BCUT2D eigenvalue weighted by Crippen LogP contribution is -1.78. The van der Waals surface area contributed by atoms with E-state index in [1.165, 1.54) is 5.56 Å². The first-order valence-corrected chi connectivity index (χ1v) is 5.36. The summed E-state index contributed by atoms with van der Waals surface area (Å²) in [5.74, 6) is 0.330. The van der Waals surface area contributed by atoms with Gasteiger partial charge in [-0.05, 0) is 18.1 Å². The Bertz CT molecular complexity index is 460. The van der Waals surface area contributed by atoms with Crippen molar-refractivity contribution in [3.05, 3.63) is 23.8 Å². The molecule has 1 N–H and O–H groups in total. The van der Waals surface area contributed by atoms with Crippen molar-refractivity contribution in [2.45, 2.75) is 13.3 Å². The predicted octanol–water partition coefficient (Wildman–Crippen LogP) is 3.18. The van der Waals surface area contributed by atoms with Crippen LogP contribution in [0.1, 0.15) is 12.5 Å². The Morgan fingerprint density at radius 1 is 1.43 bits per heavy atom. The molecule has 2 nitrogen and oxygen atoms in total. The van der Waals surface area contributed by atoms with Crippen molar-refractivity contribution in [2.75, 3.05) is 7.11 Å². The lowest BCUT2D eigenvalue weighted by Gasteiger charge is -1.99. The molecule has 1 aromatic heterocycles. The maximum atomic E-state index is 9.65. The van der Waals surface area contributed by atoms with Gasteiger partial charge in [-0.1, -0.05) is 24.3 Å². The van der Waals surface area contributed by atoms with Gasteiger partial charge < -0.3 is 9.84 Å². The smallest absolute Gasteiger partial charge is 0.174 e. The Morgan fingerprint density at radius 3 is 2.86 bits per heavy atom. The molecule has 0 aliphatic rings. The molecular weight excluding hydrogens is 196 g/mol. The van der Waals surface area contributed by atoms with E-state index in [2.05, 4.69) is 6.92 Å². The van der Waals surface area contributed by atoms with Crippen molar-refractivity contribution in [1.82, 2.24) is 0 Å². The first-order valence-electron chi connectivity index (χ1n) is 4.54. The fraction of sp³-hybridized carbons (Fsp3) is 0.273. The van der Waals surface area contributed by atoms with Gasteiger partial charge in [0.05, 0.1) is 7.11 Å². The number of hydrogen-bond acceptors (Lipinski definition) is 3. The van der Waals surface area contributed by atoms with Crippen LogP contribution in [0.4, 0.5) is 0 Å². The van der Waals surface area contributed by atoms with E-state index in [1.807, 2.05) is 12.1 Å². The molecule has 0 spiro atoms. The van der Waals surface area contributed by atoms with Gasteiger partial charge in [-0.25, -0.2) is 0 Å². The Morgan fingerprint density at radius 2 is 2.21 bits per heavy atom. The number of fused-ring (bicyclic) bond motifs is 1. The Kier molecular flexibility index (Phi) is 2.33. The molecule has 0 amide bonds. The van der Waals surface area contributed by atoms with Gasteiger partial charge >= 0.3 is 0 Å². The van der Waals surface area contributed by atoms with E-state index in [4.69, 9.17) is 4.74 Å². The van der Waals surface area contributed by atoms with Crippen molar-refractivity contribution < 1.29 is 9.84 Å². The Balaban J connectivity index is 2.74. The van der Waals surface area contributed by atoms with Crippen molar-refractivity contribution >= 4 is 21.4 Å². The van der Waals surface area contributed by atoms with Crippen LogP contribution >= 0.6 is 11.3 Å². The molecule has 2 aromatic rings. The minimum Gasteiger partial charge on any atom is -0.507 e. The SMILES string of the molecule is CCc1ccc(O)c2cc(OC)sc12. The first kappa shape index (κ1) is 9.34. The number of phenols is 1. The molecule has 0 radical (unpaired) electrons. The van der Waals surface area contributed by atoms with Crippen LogP contribution in [0.3, 0.4) is 0 Å². The molecule has 74 valence electrons. The number of methoxy groups -OCH3 is 1. The van der Waals surface area contributed by atoms with Crippen LogP contribution in [0.15, 0.2) is 18.2 Å². The van der Waals surface area contributed by atoms with E-state index in [0.717, 1.165) is 21.6 Å². The predicted molar refractivity (Wildman–Crippen MR) is 59.4 cm³/mol. The highest BCUT2D eigenvalue weighted by Crippen LogP contribution is 2.38. The molecule has 2 rings (SSSR count). The van der Waals surface area contributed by atoms with Gasteiger partial charge in [-0.3, -0.25) is 0 Å². The molecule has 0 saturated carbocycles. The largest absolute Gasteiger partial charge is 0.507 e. The van der Waals surface area contributed by atoms with E-state index in [1.54, 1.807) is 24.5 Å². The van der Waals surface area contributed by atoms with Gasteiger partial charge in [0.15, 0.2) is 5.06 Å². The van der Waals surface area contributed by atoms with Crippen LogP contribution in [0.25, 0.3) is 10.1 Å². The van der Waals surface area contributed by atoms with Crippen LogP contribution in [0, 0.1) is 0 Å². The van der Waals surface area contributed by atoms with Gasteiger partial charge in [0.25, 0.3) is 0 Å². The summed E-state index contributed by atoms with van der Waals surface area (Å²) in [4.78, 5) is 0. The average Bonchev–Trinajstić information content (AvgIpc) is 2.63. The van der Waals surface area contributed by atoms with E-state index < -0.39 is 0 Å². The normalized spacial score (nSPS) is 10.7. The highest BCUT2D eigenvalue weighted by atomic mass is 32.1. The fourth-order valence-electron chi connectivity index (χ4n) is 1.52. The number of rotatable bonds is 2. The van der Waals surface area contributed by atoms with Crippen molar-refractivity contribution in [3.63, 3.8) is 0 Å². The highest BCUT2D eigenvalue weighted by Gasteiger charge is 2.09. The van der Waals surface area contributed by atoms with Crippen LogP contribution in [0.2, 0.25) is 0 Å². The fourth-order valence-corrected chi connectivity index (χ4v) is 2.60. The second-order valence-corrected chi connectivity index (χ2v) is 4.12. The third-order valence-corrected chi connectivity index (χ3v) is 3.47. The van der Waals surface area contributed by atoms with Crippen molar-refractivity contribution in [2.24, 2.45) is 0 Å². The van der Waals surface area contributed by atoms with E-state index in [9.17, 15) is 5.11 Å². The van der Waals surface area contributed by atoms with Crippen molar-refractivity contribution in [3.8, 4) is 10.8 Å².